The Labute approximate surface area is 188 Å². The van der Waals surface area contributed by atoms with Gasteiger partial charge in [-0.15, -0.1) is 6.58 Å². The molecule has 0 spiro atoms. The molecule has 0 aliphatic carbocycles. The van der Waals surface area contributed by atoms with Crippen LogP contribution in [0.3, 0.4) is 0 Å². The summed E-state index contributed by atoms with van der Waals surface area (Å²) in [5.74, 6) is 5.48. The standard InChI is InChI=1S/C28H25FN2O/c1-3-19-31(28(30)20-27(32)24-11-7-8-12-25(24)29)26(23-16-13-21(2)14-17-23)18-15-22-9-5-4-6-10-22/h3-14,16-17,26,30H,1,19-20H2,2H3. The Morgan fingerprint density at radius 1 is 1.06 bits per heavy atom. The third kappa shape index (κ3) is 5.80. The van der Waals surface area contributed by atoms with Gasteiger partial charge in [0.1, 0.15) is 17.7 Å². The number of nitrogens with zero attached hydrogens (tertiary/aromatic N) is 1. The number of aryl methyl sites for hydroxylation is 1. The zero-order valence-corrected chi connectivity index (χ0v) is 18.0. The van der Waals surface area contributed by atoms with Crippen LogP contribution in [0.15, 0.2) is 91.5 Å². The van der Waals surface area contributed by atoms with E-state index in [1.54, 1.807) is 17.0 Å². The zero-order valence-electron chi connectivity index (χ0n) is 18.0. The molecular weight excluding hydrogens is 399 g/mol. The summed E-state index contributed by atoms with van der Waals surface area (Å²) in [6.07, 6.45) is 1.44. The van der Waals surface area contributed by atoms with Crippen molar-refractivity contribution in [2.75, 3.05) is 6.54 Å². The van der Waals surface area contributed by atoms with Gasteiger partial charge in [-0.3, -0.25) is 10.2 Å². The molecule has 3 aromatic carbocycles. The Morgan fingerprint density at radius 3 is 2.38 bits per heavy atom. The van der Waals surface area contributed by atoms with Gasteiger partial charge < -0.3 is 4.90 Å². The van der Waals surface area contributed by atoms with Crippen molar-refractivity contribution >= 4 is 11.6 Å². The van der Waals surface area contributed by atoms with Gasteiger partial charge in [-0.2, -0.15) is 0 Å². The van der Waals surface area contributed by atoms with E-state index in [9.17, 15) is 9.18 Å². The van der Waals surface area contributed by atoms with Crippen molar-refractivity contribution in [1.82, 2.24) is 4.90 Å². The lowest BCUT2D eigenvalue weighted by Gasteiger charge is -2.30. The summed E-state index contributed by atoms with van der Waals surface area (Å²) in [5.41, 5.74) is 2.86. The highest BCUT2D eigenvalue weighted by molar-refractivity contribution is 6.08. The van der Waals surface area contributed by atoms with Crippen LogP contribution in [0.25, 0.3) is 0 Å². The number of benzene rings is 3. The molecule has 3 nitrogen and oxygen atoms in total. The van der Waals surface area contributed by atoms with Gasteiger partial charge in [0.15, 0.2) is 5.78 Å². The summed E-state index contributed by atoms with van der Waals surface area (Å²) >= 11 is 0. The molecule has 3 aromatic rings. The summed E-state index contributed by atoms with van der Waals surface area (Å²) in [6, 6.07) is 22.9. The molecule has 1 atom stereocenters. The van der Waals surface area contributed by atoms with Crippen molar-refractivity contribution in [2.24, 2.45) is 0 Å². The number of Topliss-reactive ketones (excluding diaryl/α,β-unsaturated/α-hetero) is 1. The van der Waals surface area contributed by atoms with Crippen LogP contribution in [-0.4, -0.2) is 23.1 Å². The Balaban J connectivity index is 1.94. The molecule has 0 fully saturated rings. The lowest BCUT2D eigenvalue weighted by molar-refractivity contribution is 0.0993. The Hall–Kier alpha value is -3.97. The van der Waals surface area contributed by atoms with E-state index in [4.69, 9.17) is 5.41 Å². The summed E-state index contributed by atoms with van der Waals surface area (Å²) in [7, 11) is 0. The molecule has 0 aromatic heterocycles. The van der Waals surface area contributed by atoms with Crippen molar-refractivity contribution in [2.45, 2.75) is 19.4 Å². The van der Waals surface area contributed by atoms with Gasteiger partial charge in [0.25, 0.3) is 0 Å². The minimum absolute atomic E-state index is 0.0157. The second kappa shape index (κ2) is 10.9. The van der Waals surface area contributed by atoms with E-state index in [2.05, 4.69) is 18.4 Å². The highest BCUT2D eigenvalue weighted by atomic mass is 19.1. The second-order valence-corrected chi connectivity index (χ2v) is 7.42. The minimum Gasteiger partial charge on any atom is -0.338 e. The fourth-order valence-electron chi connectivity index (χ4n) is 3.31. The molecule has 4 heteroatoms. The topological polar surface area (TPSA) is 44.2 Å². The van der Waals surface area contributed by atoms with E-state index >= 15 is 0 Å². The van der Waals surface area contributed by atoms with Gasteiger partial charge in [0, 0.05) is 12.1 Å². The summed E-state index contributed by atoms with van der Waals surface area (Å²) < 4.78 is 14.1. The Kier molecular flexibility index (Phi) is 7.72. The van der Waals surface area contributed by atoms with E-state index < -0.39 is 17.6 Å². The van der Waals surface area contributed by atoms with Crippen molar-refractivity contribution in [1.29, 1.82) is 5.41 Å². The highest BCUT2D eigenvalue weighted by Gasteiger charge is 2.23. The van der Waals surface area contributed by atoms with Crippen molar-refractivity contribution in [3.8, 4) is 11.8 Å². The molecule has 0 aliphatic rings. The van der Waals surface area contributed by atoms with E-state index in [-0.39, 0.29) is 17.8 Å². The molecular formula is C28H25FN2O. The number of carbonyl (C=O) groups excluding carboxylic acids is 1. The normalized spacial score (nSPS) is 11.1. The van der Waals surface area contributed by atoms with Gasteiger partial charge in [-0.1, -0.05) is 78.1 Å². The summed E-state index contributed by atoms with van der Waals surface area (Å²) in [5, 5.41) is 8.67. The molecule has 1 unspecified atom stereocenters. The molecule has 0 saturated carbocycles. The first-order chi connectivity index (χ1) is 15.5. The van der Waals surface area contributed by atoms with Crippen molar-refractivity contribution in [3.05, 3.63) is 120 Å². The van der Waals surface area contributed by atoms with Gasteiger partial charge in [0.05, 0.1) is 12.0 Å². The molecule has 3 rings (SSSR count). The molecule has 0 aliphatic heterocycles. The fourth-order valence-corrected chi connectivity index (χ4v) is 3.31. The maximum Gasteiger partial charge on any atom is 0.173 e. The third-order valence-electron chi connectivity index (χ3n) is 5.01. The van der Waals surface area contributed by atoms with Crippen LogP contribution >= 0.6 is 0 Å². The van der Waals surface area contributed by atoms with E-state index in [1.165, 1.54) is 18.2 Å². The van der Waals surface area contributed by atoms with Gasteiger partial charge in [-0.05, 0) is 36.8 Å². The van der Waals surface area contributed by atoms with E-state index in [1.807, 2.05) is 61.5 Å². The lowest BCUT2D eigenvalue weighted by Crippen LogP contribution is -2.35. The number of amidine groups is 1. The predicted octanol–water partition coefficient (Wildman–Crippen LogP) is 5.97. The van der Waals surface area contributed by atoms with Crippen LogP contribution < -0.4 is 0 Å². The molecule has 0 heterocycles. The first-order valence-electron chi connectivity index (χ1n) is 10.4. The molecule has 160 valence electrons. The number of rotatable bonds is 7. The second-order valence-electron chi connectivity index (χ2n) is 7.42. The van der Waals surface area contributed by atoms with Gasteiger partial charge in [0.2, 0.25) is 0 Å². The van der Waals surface area contributed by atoms with Crippen LogP contribution in [0.4, 0.5) is 4.39 Å². The number of ketones is 1. The molecule has 0 amide bonds. The van der Waals surface area contributed by atoms with Crippen molar-refractivity contribution in [3.63, 3.8) is 0 Å². The van der Waals surface area contributed by atoms with E-state index in [0.29, 0.717) is 6.54 Å². The van der Waals surface area contributed by atoms with Gasteiger partial charge in [-0.25, -0.2) is 4.39 Å². The third-order valence-corrected chi connectivity index (χ3v) is 5.01. The quantitative estimate of drug-likeness (QED) is 0.167. The number of nitrogens with one attached hydrogen (secondary N) is 1. The number of hydrogen-bond donors (Lipinski definition) is 1. The van der Waals surface area contributed by atoms with Crippen molar-refractivity contribution < 1.29 is 9.18 Å². The molecule has 1 N–H and O–H groups in total. The monoisotopic (exact) mass is 424 g/mol. The van der Waals surface area contributed by atoms with Crippen LogP contribution in [-0.2, 0) is 0 Å². The van der Waals surface area contributed by atoms with Crippen LogP contribution in [0, 0.1) is 30.0 Å². The Bertz CT molecular complexity index is 1160. The SMILES string of the molecule is C=CCN(C(=N)CC(=O)c1ccccc1F)C(C#Cc1ccccc1)c1ccc(C)cc1. The van der Waals surface area contributed by atoms with Crippen LogP contribution in [0.5, 0.6) is 0 Å². The maximum absolute atomic E-state index is 14.1. The molecule has 0 saturated heterocycles. The average Bonchev–Trinajstić information content (AvgIpc) is 2.80. The fraction of sp³-hybridized carbons (Fsp3) is 0.143. The first kappa shape index (κ1) is 22.7. The van der Waals surface area contributed by atoms with E-state index in [0.717, 1.165) is 16.7 Å². The van der Waals surface area contributed by atoms with Crippen LogP contribution in [0.1, 0.15) is 39.5 Å². The van der Waals surface area contributed by atoms with Crippen LogP contribution in [0.2, 0.25) is 0 Å². The average molecular weight is 425 g/mol. The minimum atomic E-state index is -0.584. The number of carbonyl (C=O) groups is 1. The molecule has 0 bridgehead atoms. The number of halogens is 1. The molecule has 32 heavy (non-hydrogen) atoms. The Morgan fingerprint density at radius 2 is 1.72 bits per heavy atom. The lowest BCUT2D eigenvalue weighted by atomic mass is 10.0. The van der Waals surface area contributed by atoms with Gasteiger partial charge >= 0.3 is 0 Å². The predicted molar refractivity (Wildman–Crippen MR) is 127 cm³/mol. The number of hydrogen-bond acceptors (Lipinski definition) is 2. The molecule has 0 radical (unpaired) electrons. The smallest absolute Gasteiger partial charge is 0.173 e. The largest absolute Gasteiger partial charge is 0.338 e. The zero-order chi connectivity index (χ0) is 22.9. The summed E-state index contributed by atoms with van der Waals surface area (Å²) in [6.45, 7) is 6.14. The maximum atomic E-state index is 14.1. The first-order valence-corrected chi connectivity index (χ1v) is 10.4. The summed E-state index contributed by atoms with van der Waals surface area (Å²) in [4.78, 5) is 14.4. The highest BCUT2D eigenvalue weighted by Crippen LogP contribution is 2.23.